The molecule has 0 aliphatic rings. The highest BCUT2D eigenvalue weighted by Gasteiger charge is 2.11. The molecule has 0 aliphatic heterocycles. The Morgan fingerprint density at radius 3 is 2.69 bits per heavy atom. The van der Waals surface area contributed by atoms with E-state index in [0.717, 1.165) is 17.4 Å². The van der Waals surface area contributed by atoms with Crippen molar-refractivity contribution in [3.05, 3.63) is 76.1 Å². The number of H-pyrrole nitrogens is 1. The van der Waals surface area contributed by atoms with Crippen molar-refractivity contribution >= 4 is 16.8 Å². The number of amides is 1. The molecule has 0 saturated heterocycles. The molecule has 26 heavy (non-hydrogen) atoms. The lowest BCUT2D eigenvalue weighted by Gasteiger charge is -2.17. The van der Waals surface area contributed by atoms with Crippen LogP contribution >= 0.6 is 0 Å². The Labute approximate surface area is 150 Å². The number of hydrogen-bond acceptors (Lipinski definition) is 3. The third kappa shape index (κ3) is 4.33. The molecule has 2 aromatic heterocycles. The fourth-order valence-corrected chi connectivity index (χ4v) is 2.81. The lowest BCUT2D eigenvalue weighted by atomic mass is 10.1. The second-order valence-electron chi connectivity index (χ2n) is 6.28. The summed E-state index contributed by atoms with van der Waals surface area (Å²) >= 11 is 0. The number of hydrogen-bond donors (Lipinski definition) is 1. The molecule has 134 valence electrons. The van der Waals surface area contributed by atoms with E-state index in [1.807, 2.05) is 12.1 Å². The van der Waals surface area contributed by atoms with Crippen LogP contribution < -0.4 is 5.56 Å². The zero-order valence-electron chi connectivity index (χ0n) is 14.5. The fourth-order valence-electron chi connectivity index (χ4n) is 2.81. The summed E-state index contributed by atoms with van der Waals surface area (Å²) in [5.74, 6) is -0.412. The first-order valence-corrected chi connectivity index (χ1v) is 8.47. The van der Waals surface area contributed by atoms with E-state index in [9.17, 15) is 14.0 Å². The smallest absolute Gasteiger partial charge is 0.251 e. The maximum atomic E-state index is 13.2. The number of likely N-dealkylation sites (N-methyl/N-ethyl adjacent to an activating group) is 1. The quantitative estimate of drug-likeness (QED) is 0.741. The van der Waals surface area contributed by atoms with E-state index in [-0.39, 0.29) is 17.9 Å². The predicted octanol–water partition coefficient (Wildman–Crippen LogP) is 2.70. The fraction of sp³-hybridized carbons (Fsp3) is 0.250. The van der Waals surface area contributed by atoms with E-state index < -0.39 is 5.82 Å². The second kappa shape index (κ2) is 7.91. The summed E-state index contributed by atoms with van der Waals surface area (Å²) < 4.78 is 13.2. The molecular weight excluding hydrogens is 333 g/mol. The zero-order valence-corrected chi connectivity index (χ0v) is 14.5. The number of rotatable bonds is 6. The predicted molar refractivity (Wildman–Crippen MR) is 98.4 cm³/mol. The third-order valence-corrected chi connectivity index (χ3v) is 4.40. The molecular formula is C20H20FN3O2. The standard InChI is InChI=1S/C20H20FN3O2/c1-24(11-8-14-6-9-22-10-7-14)19(25)5-3-16-12-15-2-4-17(21)13-18(15)23-20(16)26/h2,4,6-7,9-10,12-13H,3,5,8,11H2,1H3,(H,23,26). The first-order chi connectivity index (χ1) is 12.5. The molecule has 0 radical (unpaired) electrons. The first-order valence-electron chi connectivity index (χ1n) is 8.47. The summed E-state index contributed by atoms with van der Waals surface area (Å²) in [6.07, 6.45) is 4.82. The lowest BCUT2D eigenvalue weighted by molar-refractivity contribution is -0.129. The maximum Gasteiger partial charge on any atom is 0.251 e. The molecule has 0 atom stereocenters. The summed E-state index contributed by atoms with van der Waals surface area (Å²) in [4.78, 5) is 32.8. The molecule has 5 nitrogen and oxygen atoms in total. The van der Waals surface area contributed by atoms with Gasteiger partial charge in [-0.1, -0.05) is 0 Å². The summed E-state index contributed by atoms with van der Waals surface area (Å²) in [5.41, 5.74) is 1.83. The number of nitrogens with one attached hydrogen (secondary N) is 1. The summed E-state index contributed by atoms with van der Waals surface area (Å²) in [7, 11) is 1.76. The Kier molecular flexibility index (Phi) is 5.41. The van der Waals surface area contributed by atoms with E-state index in [1.54, 1.807) is 36.5 Å². The van der Waals surface area contributed by atoms with E-state index >= 15 is 0 Å². The first kappa shape index (κ1) is 17.8. The number of nitrogens with zero attached hydrogens (tertiary/aromatic N) is 2. The minimum absolute atomic E-state index is 0.0161. The molecule has 3 aromatic rings. The van der Waals surface area contributed by atoms with Crippen molar-refractivity contribution in [1.82, 2.24) is 14.9 Å². The van der Waals surface area contributed by atoms with Gasteiger partial charge < -0.3 is 9.88 Å². The molecule has 1 amide bonds. The number of pyridine rings is 2. The number of aromatic amines is 1. The minimum atomic E-state index is -0.396. The molecule has 6 heteroatoms. The van der Waals surface area contributed by atoms with Crippen LogP contribution in [-0.4, -0.2) is 34.4 Å². The van der Waals surface area contributed by atoms with Crippen LogP contribution in [0.5, 0.6) is 0 Å². The Balaban J connectivity index is 1.60. The van der Waals surface area contributed by atoms with E-state index in [0.29, 0.717) is 24.0 Å². The van der Waals surface area contributed by atoms with Crippen LogP contribution in [0.25, 0.3) is 10.9 Å². The molecule has 0 unspecified atom stereocenters. The highest BCUT2D eigenvalue weighted by atomic mass is 19.1. The van der Waals surface area contributed by atoms with Crippen LogP contribution in [0, 0.1) is 5.82 Å². The summed E-state index contributed by atoms with van der Waals surface area (Å²) in [6.45, 7) is 0.607. The Bertz CT molecular complexity index is 970. The normalized spacial score (nSPS) is 10.8. The Morgan fingerprint density at radius 2 is 1.92 bits per heavy atom. The highest BCUT2D eigenvalue weighted by Crippen LogP contribution is 2.13. The lowest BCUT2D eigenvalue weighted by Crippen LogP contribution is -2.29. The number of benzene rings is 1. The van der Waals surface area contributed by atoms with Crippen molar-refractivity contribution in [2.24, 2.45) is 0 Å². The topological polar surface area (TPSA) is 66.1 Å². The van der Waals surface area contributed by atoms with Gasteiger partial charge in [0.05, 0.1) is 5.52 Å². The van der Waals surface area contributed by atoms with E-state index in [2.05, 4.69) is 9.97 Å². The van der Waals surface area contributed by atoms with Crippen molar-refractivity contribution in [1.29, 1.82) is 0 Å². The SMILES string of the molecule is CN(CCc1ccncc1)C(=O)CCc1cc2ccc(F)cc2[nH]c1=O. The minimum Gasteiger partial charge on any atom is -0.345 e. The van der Waals surface area contributed by atoms with Crippen molar-refractivity contribution in [2.75, 3.05) is 13.6 Å². The molecule has 0 saturated carbocycles. The van der Waals surface area contributed by atoms with Gasteiger partial charge in [0.25, 0.3) is 5.56 Å². The third-order valence-electron chi connectivity index (χ3n) is 4.40. The van der Waals surface area contributed by atoms with Gasteiger partial charge >= 0.3 is 0 Å². The Hall–Kier alpha value is -3.02. The summed E-state index contributed by atoms with van der Waals surface area (Å²) in [6, 6.07) is 9.83. The zero-order chi connectivity index (χ0) is 18.5. The van der Waals surface area contributed by atoms with E-state index in [4.69, 9.17) is 0 Å². The second-order valence-corrected chi connectivity index (χ2v) is 6.28. The van der Waals surface area contributed by atoms with Crippen molar-refractivity contribution in [2.45, 2.75) is 19.3 Å². The van der Waals surface area contributed by atoms with Crippen LogP contribution in [0.1, 0.15) is 17.5 Å². The number of carbonyl (C=O) groups excluding carboxylic acids is 1. The molecule has 0 aliphatic carbocycles. The van der Waals surface area contributed by atoms with Gasteiger partial charge in [-0.05, 0) is 60.2 Å². The summed E-state index contributed by atoms with van der Waals surface area (Å²) in [5, 5.41) is 0.750. The van der Waals surface area contributed by atoms with Crippen LogP contribution in [0.2, 0.25) is 0 Å². The largest absolute Gasteiger partial charge is 0.345 e. The van der Waals surface area contributed by atoms with E-state index in [1.165, 1.54) is 12.1 Å². The van der Waals surface area contributed by atoms with Gasteiger partial charge in [-0.2, -0.15) is 0 Å². The van der Waals surface area contributed by atoms with Crippen LogP contribution in [0.4, 0.5) is 4.39 Å². The number of fused-ring (bicyclic) bond motifs is 1. The molecule has 1 N–H and O–H groups in total. The molecule has 0 bridgehead atoms. The molecule has 3 rings (SSSR count). The van der Waals surface area contributed by atoms with Gasteiger partial charge in [0.1, 0.15) is 5.82 Å². The monoisotopic (exact) mass is 353 g/mol. The number of aromatic nitrogens is 2. The maximum absolute atomic E-state index is 13.2. The average Bonchev–Trinajstić information content (AvgIpc) is 2.65. The molecule has 0 spiro atoms. The number of aryl methyl sites for hydroxylation is 1. The van der Waals surface area contributed by atoms with Gasteiger partial charge in [0.15, 0.2) is 0 Å². The Morgan fingerprint density at radius 1 is 1.15 bits per heavy atom. The van der Waals surface area contributed by atoms with Gasteiger partial charge in [0.2, 0.25) is 5.91 Å². The average molecular weight is 353 g/mol. The van der Waals surface area contributed by atoms with Gasteiger partial charge in [-0.15, -0.1) is 0 Å². The van der Waals surface area contributed by atoms with Gasteiger partial charge in [-0.3, -0.25) is 14.6 Å². The van der Waals surface area contributed by atoms with Crippen molar-refractivity contribution in [3.8, 4) is 0 Å². The van der Waals surface area contributed by atoms with Crippen LogP contribution in [0.3, 0.4) is 0 Å². The molecule has 0 fully saturated rings. The van der Waals surface area contributed by atoms with Crippen molar-refractivity contribution in [3.63, 3.8) is 0 Å². The highest BCUT2D eigenvalue weighted by molar-refractivity contribution is 5.79. The molecule has 1 aromatic carbocycles. The van der Waals surface area contributed by atoms with Crippen molar-refractivity contribution < 1.29 is 9.18 Å². The van der Waals surface area contributed by atoms with Crippen LogP contribution in [0.15, 0.2) is 53.6 Å². The molecule has 2 heterocycles. The van der Waals surface area contributed by atoms with Crippen LogP contribution in [-0.2, 0) is 17.6 Å². The number of carbonyl (C=O) groups is 1. The number of halogens is 1. The van der Waals surface area contributed by atoms with Gasteiger partial charge in [0, 0.05) is 38.0 Å². The van der Waals surface area contributed by atoms with Gasteiger partial charge in [-0.25, -0.2) is 4.39 Å².